The number of nitrogens with one attached hydrogen (secondary N) is 1. The minimum atomic E-state index is -0.137. The van der Waals surface area contributed by atoms with E-state index in [1.807, 2.05) is 17.8 Å². The average Bonchev–Trinajstić information content (AvgIpc) is 3.07. The largest absolute Gasteiger partial charge is 0.360 e. The zero-order valence-electron chi connectivity index (χ0n) is 13.4. The minimum absolute atomic E-state index is 0.137. The summed E-state index contributed by atoms with van der Waals surface area (Å²) in [6.07, 6.45) is 5.62. The summed E-state index contributed by atoms with van der Waals surface area (Å²) in [5.74, 6) is 1.32. The van der Waals surface area contributed by atoms with Crippen LogP contribution in [-0.4, -0.2) is 27.4 Å². The summed E-state index contributed by atoms with van der Waals surface area (Å²) in [5.41, 5.74) is 2.43. The van der Waals surface area contributed by atoms with Crippen LogP contribution >= 0.6 is 15.9 Å². The highest BCUT2D eigenvalue weighted by molar-refractivity contribution is 9.10. The first kappa shape index (κ1) is 16.2. The number of aromatic nitrogens is 3. The molecule has 2 aromatic heterocycles. The molecule has 2 aromatic rings. The van der Waals surface area contributed by atoms with Crippen LogP contribution in [0.2, 0.25) is 0 Å². The van der Waals surface area contributed by atoms with E-state index in [0.29, 0.717) is 18.2 Å². The monoisotopic (exact) mass is 380 g/mol. The third kappa shape index (κ3) is 3.65. The predicted molar refractivity (Wildman–Crippen MR) is 89.3 cm³/mol. The van der Waals surface area contributed by atoms with Gasteiger partial charge >= 0.3 is 0 Å². The summed E-state index contributed by atoms with van der Waals surface area (Å²) in [6.45, 7) is 5.51. The van der Waals surface area contributed by atoms with E-state index in [-0.39, 0.29) is 5.91 Å². The topological polar surface area (TPSA) is 73.0 Å². The fourth-order valence-electron chi connectivity index (χ4n) is 2.89. The van der Waals surface area contributed by atoms with Crippen LogP contribution in [0, 0.1) is 12.8 Å². The number of amides is 1. The van der Waals surface area contributed by atoms with Gasteiger partial charge in [0.2, 0.25) is 0 Å². The molecule has 0 aromatic carbocycles. The van der Waals surface area contributed by atoms with Crippen molar-refractivity contribution in [3.8, 4) is 0 Å². The van der Waals surface area contributed by atoms with Gasteiger partial charge in [-0.1, -0.05) is 12.1 Å². The van der Waals surface area contributed by atoms with Crippen molar-refractivity contribution in [2.24, 2.45) is 5.92 Å². The van der Waals surface area contributed by atoms with Crippen LogP contribution in [0.15, 0.2) is 15.2 Å². The molecule has 0 aliphatic heterocycles. The molecule has 124 valence electrons. The number of hydrogen-bond donors (Lipinski definition) is 1. The Labute approximate surface area is 143 Å². The number of aryl methyl sites for hydroxylation is 3. The van der Waals surface area contributed by atoms with Crippen LogP contribution in [0.4, 0.5) is 0 Å². The second kappa shape index (κ2) is 6.86. The molecule has 1 amide bonds. The van der Waals surface area contributed by atoms with Crippen molar-refractivity contribution < 1.29 is 9.32 Å². The van der Waals surface area contributed by atoms with Gasteiger partial charge in [-0.15, -0.1) is 0 Å². The first-order chi connectivity index (χ1) is 11.0. The lowest BCUT2D eigenvalue weighted by Crippen LogP contribution is -2.27. The molecule has 0 fully saturated rings. The molecule has 0 radical (unpaired) electrons. The van der Waals surface area contributed by atoms with Crippen LogP contribution < -0.4 is 5.32 Å². The van der Waals surface area contributed by atoms with E-state index in [1.54, 1.807) is 0 Å². The maximum Gasteiger partial charge on any atom is 0.273 e. The van der Waals surface area contributed by atoms with E-state index < -0.39 is 0 Å². The maximum atomic E-state index is 12.3. The quantitative estimate of drug-likeness (QED) is 0.809. The lowest BCUT2D eigenvalue weighted by Gasteiger charge is -2.16. The van der Waals surface area contributed by atoms with E-state index in [9.17, 15) is 4.79 Å². The second-order valence-electron chi connectivity index (χ2n) is 6.22. The summed E-state index contributed by atoms with van der Waals surface area (Å²) >= 11 is 3.44. The number of carbonyl (C=O) groups excluding carboxylic acids is 1. The Morgan fingerprint density at radius 3 is 3.13 bits per heavy atom. The van der Waals surface area contributed by atoms with Gasteiger partial charge in [0.1, 0.15) is 5.76 Å². The molecule has 1 aliphatic carbocycles. The van der Waals surface area contributed by atoms with Crippen molar-refractivity contribution in [3.05, 3.63) is 33.4 Å². The molecule has 3 rings (SSSR count). The zero-order valence-corrected chi connectivity index (χ0v) is 15.0. The molecule has 23 heavy (non-hydrogen) atoms. The summed E-state index contributed by atoms with van der Waals surface area (Å²) in [7, 11) is 0. The van der Waals surface area contributed by atoms with Crippen LogP contribution in [0.25, 0.3) is 0 Å². The van der Waals surface area contributed by atoms with Gasteiger partial charge in [0.25, 0.3) is 5.91 Å². The molecule has 1 atom stereocenters. The summed E-state index contributed by atoms with van der Waals surface area (Å²) in [6, 6.07) is 0. The third-order valence-electron chi connectivity index (χ3n) is 4.24. The highest BCUT2D eigenvalue weighted by Gasteiger charge is 2.26. The second-order valence-corrected chi connectivity index (χ2v) is 7.07. The molecular formula is C16H21BrN4O2. The van der Waals surface area contributed by atoms with Gasteiger partial charge in [-0.25, -0.2) is 0 Å². The molecule has 2 heterocycles. The van der Waals surface area contributed by atoms with E-state index in [1.165, 1.54) is 0 Å². The maximum absolute atomic E-state index is 12.3. The number of nitrogens with zero attached hydrogens (tertiary/aromatic N) is 3. The fraction of sp³-hybridized carbons (Fsp3) is 0.562. The SMILES string of the molecule is Cc1nn(CCCNC(=O)c2noc3c2C[C@@H](C)CC3)cc1Br. The molecule has 1 aliphatic rings. The van der Waals surface area contributed by atoms with Crippen LogP contribution in [0.1, 0.15) is 47.3 Å². The molecule has 0 saturated carbocycles. The van der Waals surface area contributed by atoms with Gasteiger partial charge in [-0.2, -0.15) is 5.10 Å². The normalized spacial score (nSPS) is 17.1. The molecule has 7 heteroatoms. The lowest BCUT2D eigenvalue weighted by atomic mass is 9.88. The Morgan fingerprint density at radius 2 is 2.39 bits per heavy atom. The lowest BCUT2D eigenvalue weighted by molar-refractivity contribution is 0.0942. The van der Waals surface area contributed by atoms with Crippen LogP contribution in [-0.2, 0) is 19.4 Å². The van der Waals surface area contributed by atoms with Crippen LogP contribution in [0.5, 0.6) is 0 Å². The number of hydrogen-bond acceptors (Lipinski definition) is 4. The van der Waals surface area contributed by atoms with Gasteiger partial charge in [0.15, 0.2) is 5.69 Å². The van der Waals surface area contributed by atoms with E-state index >= 15 is 0 Å². The molecule has 0 saturated heterocycles. The highest BCUT2D eigenvalue weighted by atomic mass is 79.9. The number of fused-ring (bicyclic) bond motifs is 1. The number of halogens is 1. The molecule has 0 spiro atoms. The Kier molecular flexibility index (Phi) is 4.84. The predicted octanol–water partition coefficient (Wildman–Crippen LogP) is 2.89. The number of carbonyl (C=O) groups is 1. The van der Waals surface area contributed by atoms with Crippen molar-refractivity contribution in [2.45, 2.75) is 46.1 Å². The van der Waals surface area contributed by atoms with Crippen molar-refractivity contribution in [3.63, 3.8) is 0 Å². The summed E-state index contributed by atoms with van der Waals surface area (Å²) in [5, 5.41) is 11.3. The Morgan fingerprint density at radius 1 is 1.57 bits per heavy atom. The van der Waals surface area contributed by atoms with Gasteiger partial charge in [0, 0.05) is 31.3 Å². The standard InChI is InChI=1S/C16H21BrN4O2/c1-10-4-5-14-12(8-10)15(20-23-14)16(22)18-6-3-7-21-9-13(17)11(2)19-21/h9-10H,3-8H2,1-2H3,(H,18,22)/t10-/m0/s1. The Balaban J connectivity index is 1.51. The summed E-state index contributed by atoms with van der Waals surface area (Å²) < 4.78 is 8.20. The average molecular weight is 381 g/mol. The van der Waals surface area contributed by atoms with Gasteiger partial charge in [-0.05, 0) is 48.0 Å². The van der Waals surface area contributed by atoms with Crippen molar-refractivity contribution in [2.75, 3.05) is 6.54 Å². The summed E-state index contributed by atoms with van der Waals surface area (Å²) in [4.78, 5) is 12.3. The Hall–Kier alpha value is -1.63. The van der Waals surface area contributed by atoms with E-state index in [2.05, 4.69) is 38.4 Å². The Bertz CT molecular complexity index is 687. The first-order valence-corrected chi connectivity index (χ1v) is 8.79. The van der Waals surface area contributed by atoms with Crippen molar-refractivity contribution in [1.29, 1.82) is 0 Å². The van der Waals surface area contributed by atoms with Crippen LogP contribution in [0.3, 0.4) is 0 Å². The zero-order chi connectivity index (χ0) is 16.4. The smallest absolute Gasteiger partial charge is 0.273 e. The van der Waals surface area contributed by atoms with Crippen molar-refractivity contribution >= 4 is 21.8 Å². The van der Waals surface area contributed by atoms with E-state index in [4.69, 9.17) is 4.52 Å². The van der Waals surface area contributed by atoms with E-state index in [0.717, 1.165) is 53.7 Å². The molecular weight excluding hydrogens is 360 g/mol. The molecule has 0 unspecified atom stereocenters. The van der Waals surface area contributed by atoms with Crippen molar-refractivity contribution in [1.82, 2.24) is 20.3 Å². The third-order valence-corrected chi connectivity index (χ3v) is 5.02. The fourth-order valence-corrected chi connectivity index (χ4v) is 3.21. The van der Waals surface area contributed by atoms with Gasteiger partial charge in [0.05, 0.1) is 10.2 Å². The molecule has 1 N–H and O–H groups in total. The first-order valence-electron chi connectivity index (χ1n) is 7.99. The molecule has 6 nitrogen and oxygen atoms in total. The molecule has 0 bridgehead atoms. The highest BCUT2D eigenvalue weighted by Crippen LogP contribution is 2.27. The van der Waals surface area contributed by atoms with Gasteiger partial charge < -0.3 is 9.84 Å². The minimum Gasteiger partial charge on any atom is -0.360 e. The van der Waals surface area contributed by atoms with Gasteiger partial charge in [-0.3, -0.25) is 9.48 Å². The number of rotatable bonds is 5.